The summed E-state index contributed by atoms with van der Waals surface area (Å²) in [6.07, 6.45) is -4.83. The number of halogens is 5. The van der Waals surface area contributed by atoms with E-state index in [4.69, 9.17) is 11.6 Å². The molecule has 3 aromatic carbocycles. The molecule has 0 saturated carbocycles. The number of sulfonamides is 1. The van der Waals surface area contributed by atoms with Gasteiger partial charge in [-0.2, -0.15) is 18.3 Å². The van der Waals surface area contributed by atoms with Crippen molar-refractivity contribution in [3.63, 3.8) is 0 Å². The highest BCUT2D eigenvalue weighted by Crippen LogP contribution is 2.38. The molecule has 0 bridgehead atoms. The first-order chi connectivity index (χ1) is 16.4. The second-order valence-electron chi connectivity index (χ2n) is 7.23. The SMILES string of the molecule is C/C(=N/NC(=O)CN(c1ccc(Cl)c(C(F)(F)F)c1)S(=O)(=O)c1ccccc1)c1cccc(Br)c1. The van der Waals surface area contributed by atoms with Crippen molar-refractivity contribution in [1.29, 1.82) is 0 Å². The zero-order chi connectivity index (χ0) is 25.8. The van der Waals surface area contributed by atoms with Crippen LogP contribution in [-0.2, 0) is 21.0 Å². The third-order valence-corrected chi connectivity index (χ3v) is 7.36. The molecule has 0 heterocycles. The molecule has 0 aromatic heterocycles. The molecule has 3 rings (SSSR count). The van der Waals surface area contributed by atoms with Crippen LogP contribution in [0.1, 0.15) is 18.1 Å². The highest BCUT2D eigenvalue weighted by molar-refractivity contribution is 9.10. The van der Waals surface area contributed by atoms with Gasteiger partial charge >= 0.3 is 6.18 Å². The van der Waals surface area contributed by atoms with Crippen molar-refractivity contribution in [2.75, 3.05) is 10.8 Å². The first-order valence-corrected chi connectivity index (χ1v) is 12.5. The number of carbonyl (C=O) groups excluding carboxylic acids is 1. The largest absolute Gasteiger partial charge is 0.417 e. The molecule has 12 heteroatoms. The van der Waals surface area contributed by atoms with E-state index in [0.717, 1.165) is 16.6 Å². The lowest BCUT2D eigenvalue weighted by atomic mass is 10.1. The quantitative estimate of drug-likeness (QED) is 0.278. The molecule has 35 heavy (non-hydrogen) atoms. The number of hydrogen-bond donors (Lipinski definition) is 1. The highest BCUT2D eigenvalue weighted by atomic mass is 79.9. The van der Waals surface area contributed by atoms with E-state index >= 15 is 0 Å². The van der Waals surface area contributed by atoms with Crippen LogP contribution in [0.2, 0.25) is 5.02 Å². The summed E-state index contributed by atoms with van der Waals surface area (Å²) in [6, 6.07) is 16.8. The van der Waals surface area contributed by atoms with Crippen LogP contribution in [0, 0.1) is 0 Å². The average molecular weight is 589 g/mol. The Hall–Kier alpha value is -2.89. The molecule has 3 aromatic rings. The molecule has 0 aliphatic heterocycles. The minimum Gasteiger partial charge on any atom is -0.271 e. The minimum absolute atomic E-state index is 0.204. The number of rotatable bonds is 7. The molecule has 184 valence electrons. The Labute approximate surface area is 213 Å². The second-order valence-corrected chi connectivity index (χ2v) is 10.4. The second kappa shape index (κ2) is 10.8. The van der Waals surface area contributed by atoms with Gasteiger partial charge in [0.25, 0.3) is 15.9 Å². The Kier molecular flexibility index (Phi) is 8.24. The van der Waals surface area contributed by atoms with Crippen molar-refractivity contribution in [2.45, 2.75) is 18.0 Å². The molecule has 0 aliphatic rings. The van der Waals surface area contributed by atoms with Crippen LogP contribution in [-0.4, -0.2) is 26.6 Å². The van der Waals surface area contributed by atoms with Crippen molar-refractivity contribution in [3.05, 3.63) is 93.4 Å². The fourth-order valence-electron chi connectivity index (χ4n) is 3.01. The maximum atomic E-state index is 13.4. The average Bonchev–Trinajstić information content (AvgIpc) is 2.81. The first-order valence-electron chi connectivity index (χ1n) is 9.93. The predicted molar refractivity (Wildman–Crippen MR) is 132 cm³/mol. The number of carbonyl (C=O) groups is 1. The van der Waals surface area contributed by atoms with Gasteiger partial charge in [-0.3, -0.25) is 9.10 Å². The number of amides is 1. The van der Waals surface area contributed by atoms with Crippen LogP contribution in [0.5, 0.6) is 0 Å². The smallest absolute Gasteiger partial charge is 0.271 e. The predicted octanol–water partition coefficient (Wildman–Crippen LogP) is 5.86. The van der Waals surface area contributed by atoms with Gasteiger partial charge in [0.2, 0.25) is 0 Å². The summed E-state index contributed by atoms with van der Waals surface area (Å²) in [7, 11) is -4.41. The lowest BCUT2D eigenvalue weighted by molar-refractivity contribution is -0.137. The van der Waals surface area contributed by atoms with Gasteiger partial charge in [-0.25, -0.2) is 13.8 Å². The molecule has 1 amide bonds. The summed E-state index contributed by atoms with van der Waals surface area (Å²) in [5.74, 6) is -0.859. The van der Waals surface area contributed by atoms with Gasteiger partial charge in [-0.15, -0.1) is 0 Å². The number of hydrazone groups is 1. The molecule has 0 saturated heterocycles. The van der Waals surface area contributed by atoms with Gasteiger partial charge in [0.15, 0.2) is 0 Å². The van der Waals surface area contributed by atoms with E-state index in [-0.39, 0.29) is 10.6 Å². The zero-order valence-corrected chi connectivity index (χ0v) is 21.2. The lowest BCUT2D eigenvalue weighted by Crippen LogP contribution is -2.40. The van der Waals surface area contributed by atoms with E-state index in [9.17, 15) is 26.4 Å². The molecule has 0 spiro atoms. The molecule has 1 N–H and O–H groups in total. The minimum atomic E-state index is -4.83. The molecule has 0 aliphatic carbocycles. The van der Waals surface area contributed by atoms with Crippen LogP contribution in [0.25, 0.3) is 0 Å². The van der Waals surface area contributed by atoms with Crippen LogP contribution >= 0.6 is 27.5 Å². The maximum Gasteiger partial charge on any atom is 0.417 e. The monoisotopic (exact) mass is 587 g/mol. The molecular formula is C23H18BrClF3N3O3S. The number of anilines is 1. The van der Waals surface area contributed by atoms with E-state index in [1.54, 1.807) is 31.2 Å². The third kappa shape index (κ3) is 6.62. The van der Waals surface area contributed by atoms with E-state index in [2.05, 4.69) is 26.5 Å². The summed E-state index contributed by atoms with van der Waals surface area (Å²) in [4.78, 5) is 12.5. The number of hydrogen-bond acceptors (Lipinski definition) is 4. The Bertz CT molecular complexity index is 1370. The van der Waals surface area contributed by atoms with E-state index in [1.807, 2.05) is 6.07 Å². The summed E-state index contributed by atoms with van der Waals surface area (Å²) in [5, 5.41) is 3.38. The van der Waals surface area contributed by atoms with Crippen molar-refractivity contribution in [2.24, 2.45) is 5.10 Å². The molecule has 0 fully saturated rings. The fraction of sp³-hybridized carbons (Fsp3) is 0.130. The Balaban J connectivity index is 1.97. The van der Waals surface area contributed by atoms with Crippen molar-refractivity contribution >= 4 is 54.9 Å². The van der Waals surface area contributed by atoms with Gasteiger partial charge < -0.3 is 0 Å². The van der Waals surface area contributed by atoms with E-state index in [1.165, 1.54) is 24.3 Å². The Morgan fingerprint density at radius 2 is 1.74 bits per heavy atom. The van der Waals surface area contributed by atoms with E-state index in [0.29, 0.717) is 21.6 Å². The summed E-state index contributed by atoms with van der Waals surface area (Å²) in [5.41, 5.74) is 1.78. The first kappa shape index (κ1) is 26.7. The molecule has 0 unspecified atom stereocenters. The van der Waals surface area contributed by atoms with Crippen LogP contribution in [0.4, 0.5) is 18.9 Å². The normalized spacial score (nSPS) is 12.3. The highest BCUT2D eigenvalue weighted by Gasteiger charge is 2.35. The third-order valence-electron chi connectivity index (χ3n) is 4.75. The van der Waals surface area contributed by atoms with Gasteiger partial charge in [0.1, 0.15) is 6.54 Å². The van der Waals surface area contributed by atoms with Gasteiger partial charge in [-0.1, -0.05) is 57.9 Å². The maximum absolute atomic E-state index is 13.4. The molecule has 6 nitrogen and oxygen atoms in total. The molecule has 0 atom stereocenters. The van der Waals surface area contributed by atoms with Gasteiger partial charge in [0, 0.05) is 4.47 Å². The topological polar surface area (TPSA) is 78.8 Å². The van der Waals surface area contributed by atoms with E-state index < -0.39 is 39.2 Å². The Morgan fingerprint density at radius 3 is 2.37 bits per heavy atom. The standard InChI is InChI=1S/C23H18BrClF3N3O3S/c1-15(16-6-5-7-17(24)12-16)29-30-22(32)14-31(35(33,34)19-8-3-2-4-9-19)18-10-11-21(25)20(13-18)23(26,27)28/h2-13H,14H2,1H3,(H,30,32)/b29-15-. The number of nitrogens with one attached hydrogen (secondary N) is 1. The summed E-state index contributed by atoms with van der Waals surface area (Å²) < 4.78 is 68.2. The van der Waals surface area contributed by atoms with Crippen molar-refractivity contribution in [3.8, 4) is 0 Å². The Morgan fingerprint density at radius 1 is 1.06 bits per heavy atom. The summed E-state index contributed by atoms with van der Waals surface area (Å²) in [6.45, 7) is 0.806. The molecular weight excluding hydrogens is 571 g/mol. The zero-order valence-electron chi connectivity index (χ0n) is 18.1. The summed E-state index contributed by atoms with van der Waals surface area (Å²) >= 11 is 9.02. The van der Waals surface area contributed by atoms with Crippen LogP contribution < -0.4 is 9.73 Å². The van der Waals surface area contributed by atoms with Crippen LogP contribution in [0.15, 0.2) is 87.3 Å². The lowest BCUT2D eigenvalue weighted by Gasteiger charge is -2.25. The number of nitrogens with zero attached hydrogens (tertiary/aromatic N) is 2. The molecule has 0 radical (unpaired) electrons. The van der Waals surface area contributed by atoms with Crippen molar-refractivity contribution < 1.29 is 26.4 Å². The number of benzene rings is 3. The van der Waals surface area contributed by atoms with Gasteiger partial charge in [0.05, 0.1) is 26.9 Å². The number of alkyl halides is 3. The van der Waals surface area contributed by atoms with Crippen LogP contribution in [0.3, 0.4) is 0 Å². The fourth-order valence-corrected chi connectivity index (χ4v) is 5.07. The van der Waals surface area contributed by atoms with Gasteiger partial charge in [-0.05, 0) is 55.0 Å². The van der Waals surface area contributed by atoms with Crippen molar-refractivity contribution in [1.82, 2.24) is 5.43 Å².